The topological polar surface area (TPSA) is 114 Å². The first kappa shape index (κ1) is 34.1. The van der Waals surface area contributed by atoms with Crippen LogP contribution in [0.4, 0.5) is 0 Å². The third-order valence-corrected chi connectivity index (χ3v) is 9.16. The van der Waals surface area contributed by atoms with Crippen molar-refractivity contribution in [3.8, 4) is 22.7 Å². The SMILES string of the molecule is C=CCOC(=O)C1=C(C)N=c2sc(=Cc3cn(-c4ccccc4)nc3-c3ccc(OCCC)c(C)c3)c(=O)n2C1c1ccc(C(=O)OC)cc1. The standard InChI is InChI=1S/C39H36N4O6S/c1-6-19-48-31-18-17-28(21-24(31)3)34-29(23-42(41-34)30-11-9-8-10-12-30)22-32-36(44)43-35(26-13-15-27(16-14-26)37(45)47-5)33(38(46)49-20-7-2)25(4)40-39(43)50-32/h7-18,21-23,35H,2,6,19-20H2,1,3-5H3. The lowest BCUT2D eigenvalue weighted by Crippen LogP contribution is -2.40. The Balaban J connectivity index is 1.52. The maximum Gasteiger partial charge on any atom is 0.338 e. The highest BCUT2D eigenvalue weighted by molar-refractivity contribution is 7.07. The second-order valence-corrected chi connectivity index (χ2v) is 12.6. The van der Waals surface area contributed by atoms with Crippen LogP contribution in [-0.2, 0) is 14.3 Å². The maximum absolute atomic E-state index is 14.4. The molecule has 1 atom stereocenters. The van der Waals surface area contributed by atoms with Crippen molar-refractivity contribution in [2.45, 2.75) is 33.2 Å². The van der Waals surface area contributed by atoms with Crippen LogP contribution in [0.15, 0.2) is 113 Å². The highest BCUT2D eigenvalue weighted by Gasteiger charge is 2.33. The van der Waals surface area contributed by atoms with Crippen molar-refractivity contribution in [3.63, 3.8) is 0 Å². The van der Waals surface area contributed by atoms with Crippen LogP contribution in [0.2, 0.25) is 0 Å². The summed E-state index contributed by atoms with van der Waals surface area (Å²) in [6.45, 7) is 10.0. The Kier molecular flexibility index (Phi) is 10.1. The van der Waals surface area contributed by atoms with Gasteiger partial charge in [0.25, 0.3) is 5.56 Å². The van der Waals surface area contributed by atoms with Crippen LogP contribution in [-0.4, -0.2) is 46.6 Å². The van der Waals surface area contributed by atoms with Crippen LogP contribution >= 0.6 is 11.3 Å². The second kappa shape index (κ2) is 14.8. The predicted molar refractivity (Wildman–Crippen MR) is 192 cm³/mol. The van der Waals surface area contributed by atoms with Crippen molar-refractivity contribution < 1.29 is 23.8 Å². The molecule has 0 saturated heterocycles. The number of nitrogens with zero attached hydrogens (tertiary/aromatic N) is 4. The van der Waals surface area contributed by atoms with Gasteiger partial charge in [0.2, 0.25) is 0 Å². The van der Waals surface area contributed by atoms with E-state index in [0.29, 0.717) is 38.5 Å². The van der Waals surface area contributed by atoms with Gasteiger partial charge in [-0.3, -0.25) is 9.36 Å². The molecule has 0 amide bonds. The summed E-state index contributed by atoms with van der Waals surface area (Å²) in [6, 6.07) is 21.4. The lowest BCUT2D eigenvalue weighted by molar-refractivity contribution is -0.138. The molecular formula is C39H36N4O6S. The number of carbonyl (C=O) groups excluding carboxylic acids is 2. The Hall–Kier alpha value is -5.81. The molecular weight excluding hydrogens is 653 g/mol. The molecule has 6 rings (SSSR count). The average molecular weight is 689 g/mol. The molecule has 0 radical (unpaired) electrons. The summed E-state index contributed by atoms with van der Waals surface area (Å²) in [7, 11) is 1.31. The minimum absolute atomic E-state index is 0.00655. The number of aromatic nitrogens is 3. The summed E-state index contributed by atoms with van der Waals surface area (Å²) in [5.41, 5.74) is 5.35. The molecule has 3 heterocycles. The third kappa shape index (κ3) is 6.72. The Morgan fingerprint density at radius 2 is 1.78 bits per heavy atom. The van der Waals surface area contributed by atoms with E-state index < -0.39 is 18.0 Å². The number of carbonyl (C=O) groups is 2. The van der Waals surface area contributed by atoms with Gasteiger partial charge in [0, 0.05) is 17.3 Å². The van der Waals surface area contributed by atoms with Gasteiger partial charge in [-0.1, -0.05) is 61.2 Å². The highest BCUT2D eigenvalue weighted by atomic mass is 32.1. The molecule has 50 heavy (non-hydrogen) atoms. The van der Waals surface area contributed by atoms with Crippen LogP contribution in [0.5, 0.6) is 5.75 Å². The Morgan fingerprint density at radius 1 is 1.02 bits per heavy atom. The lowest BCUT2D eigenvalue weighted by atomic mass is 9.95. The molecule has 2 aromatic heterocycles. The van der Waals surface area contributed by atoms with Gasteiger partial charge in [-0.15, -0.1) is 0 Å². The summed E-state index contributed by atoms with van der Waals surface area (Å²) >= 11 is 1.22. The number of para-hydroxylation sites is 1. The van der Waals surface area contributed by atoms with Gasteiger partial charge in [0.05, 0.1) is 46.8 Å². The minimum Gasteiger partial charge on any atom is -0.493 e. The lowest BCUT2D eigenvalue weighted by Gasteiger charge is -2.24. The van der Waals surface area contributed by atoms with E-state index in [-0.39, 0.29) is 17.7 Å². The molecule has 11 heteroatoms. The van der Waals surface area contributed by atoms with Crippen LogP contribution < -0.4 is 19.6 Å². The first-order chi connectivity index (χ1) is 24.2. The van der Waals surface area contributed by atoms with Gasteiger partial charge in [-0.05, 0) is 79.9 Å². The first-order valence-corrected chi connectivity index (χ1v) is 16.9. The van der Waals surface area contributed by atoms with E-state index in [1.807, 2.05) is 67.7 Å². The number of thiazole rings is 1. The largest absolute Gasteiger partial charge is 0.493 e. The van der Waals surface area contributed by atoms with Crippen LogP contribution in [0.25, 0.3) is 23.0 Å². The van der Waals surface area contributed by atoms with E-state index in [1.54, 1.807) is 35.9 Å². The van der Waals surface area contributed by atoms with Crippen molar-refractivity contribution in [1.82, 2.24) is 14.3 Å². The normalized spacial score (nSPS) is 14.2. The van der Waals surface area contributed by atoms with Gasteiger partial charge in [0.1, 0.15) is 18.1 Å². The zero-order chi connectivity index (χ0) is 35.4. The smallest absolute Gasteiger partial charge is 0.338 e. The van der Waals surface area contributed by atoms with Crippen molar-refractivity contribution >= 4 is 29.4 Å². The number of aryl methyl sites for hydroxylation is 1. The molecule has 0 bridgehead atoms. The average Bonchev–Trinajstić information content (AvgIpc) is 3.69. The number of fused-ring (bicyclic) bond motifs is 1. The molecule has 0 saturated carbocycles. The molecule has 10 nitrogen and oxygen atoms in total. The number of allylic oxidation sites excluding steroid dienone is 1. The fourth-order valence-corrected chi connectivity index (χ4v) is 6.81. The van der Waals surface area contributed by atoms with Crippen LogP contribution in [0.1, 0.15) is 53.4 Å². The second-order valence-electron chi connectivity index (χ2n) is 11.6. The van der Waals surface area contributed by atoms with E-state index in [1.165, 1.54) is 29.1 Å². The van der Waals surface area contributed by atoms with Crippen LogP contribution in [0.3, 0.4) is 0 Å². The third-order valence-electron chi connectivity index (χ3n) is 8.18. The number of rotatable bonds is 11. The number of methoxy groups -OCH3 is 1. The van der Waals surface area contributed by atoms with Gasteiger partial charge >= 0.3 is 11.9 Å². The molecule has 1 unspecified atom stereocenters. The van der Waals surface area contributed by atoms with Gasteiger partial charge in [0.15, 0.2) is 4.80 Å². The van der Waals surface area contributed by atoms with E-state index >= 15 is 0 Å². The summed E-state index contributed by atoms with van der Waals surface area (Å²) in [6.07, 6.45) is 6.09. The molecule has 1 aliphatic heterocycles. The predicted octanol–water partition coefficient (Wildman–Crippen LogP) is 5.70. The van der Waals surface area contributed by atoms with Crippen molar-refractivity contribution in [3.05, 3.63) is 145 Å². The van der Waals surface area contributed by atoms with Gasteiger partial charge in [-0.25, -0.2) is 19.3 Å². The Morgan fingerprint density at radius 3 is 2.46 bits per heavy atom. The molecule has 0 aliphatic carbocycles. The monoisotopic (exact) mass is 688 g/mol. The number of benzene rings is 3. The van der Waals surface area contributed by atoms with E-state index in [9.17, 15) is 14.4 Å². The Labute approximate surface area is 292 Å². The van der Waals surface area contributed by atoms with E-state index in [2.05, 4.69) is 13.5 Å². The quantitative estimate of drug-likeness (QED) is 0.129. The number of hydrogen-bond acceptors (Lipinski definition) is 9. The van der Waals surface area contributed by atoms with Crippen molar-refractivity contribution in [2.75, 3.05) is 20.3 Å². The number of hydrogen-bond donors (Lipinski definition) is 0. The first-order valence-electron chi connectivity index (χ1n) is 16.1. The van der Waals surface area contributed by atoms with Crippen LogP contribution in [0, 0.1) is 6.92 Å². The zero-order valence-corrected chi connectivity index (χ0v) is 29.0. The Bertz CT molecular complexity index is 2300. The van der Waals surface area contributed by atoms with Gasteiger partial charge in [-0.2, -0.15) is 5.10 Å². The molecule has 0 spiro atoms. The minimum atomic E-state index is -0.859. The van der Waals surface area contributed by atoms with E-state index in [0.717, 1.165) is 34.5 Å². The summed E-state index contributed by atoms with van der Waals surface area (Å²) in [4.78, 5) is 45.1. The van der Waals surface area contributed by atoms with E-state index in [4.69, 9.17) is 24.3 Å². The summed E-state index contributed by atoms with van der Waals surface area (Å²) in [5.74, 6) is -0.302. The highest BCUT2D eigenvalue weighted by Crippen LogP contribution is 2.32. The fraction of sp³-hybridized carbons (Fsp3) is 0.205. The van der Waals surface area contributed by atoms with Crippen molar-refractivity contribution in [1.29, 1.82) is 0 Å². The molecule has 3 aromatic carbocycles. The molecule has 0 N–H and O–H groups in total. The number of esters is 2. The van der Waals surface area contributed by atoms with Crippen molar-refractivity contribution in [2.24, 2.45) is 4.99 Å². The zero-order valence-electron chi connectivity index (χ0n) is 28.2. The fourth-order valence-electron chi connectivity index (χ4n) is 5.77. The summed E-state index contributed by atoms with van der Waals surface area (Å²) in [5, 5.41) is 4.96. The number of ether oxygens (including phenoxy) is 3. The molecule has 5 aromatic rings. The molecule has 254 valence electrons. The molecule has 1 aliphatic rings. The summed E-state index contributed by atoms with van der Waals surface area (Å²) < 4.78 is 19.9. The molecule has 0 fully saturated rings. The van der Waals surface area contributed by atoms with Gasteiger partial charge < -0.3 is 14.2 Å². The maximum atomic E-state index is 14.4.